The first-order chi connectivity index (χ1) is 18.0. The summed E-state index contributed by atoms with van der Waals surface area (Å²) in [6, 6.07) is 10.3. The van der Waals surface area contributed by atoms with Crippen molar-refractivity contribution in [3.63, 3.8) is 0 Å². The molecule has 1 aliphatic rings. The van der Waals surface area contributed by atoms with Crippen LogP contribution in [0, 0.1) is 5.92 Å². The molecular formula is C28H33N5O4. The normalized spacial score (nSPS) is 16.2. The molecule has 37 heavy (non-hydrogen) atoms. The zero-order chi connectivity index (χ0) is 25.9. The molecule has 0 radical (unpaired) electrons. The van der Waals surface area contributed by atoms with Gasteiger partial charge in [0.2, 0.25) is 5.91 Å². The third-order valence-electron chi connectivity index (χ3n) is 7.13. The van der Waals surface area contributed by atoms with Crippen LogP contribution in [0.1, 0.15) is 42.7 Å². The van der Waals surface area contributed by atoms with Crippen molar-refractivity contribution in [2.75, 3.05) is 31.0 Å². The molecule has 3 N–H and O–H groups in total. The number of amides is 1. The maximum Gasteiger partial charge on any atom is 0.356 e. The van der Waals surface area contributed by atoms with Gasteiger partial charge in [-0.2, -0.15) is 0 Å². The smallest absolute Gasteiger partial charge is 0.356 e. The summed E-state index contributed by atoms with van der Waals surface area (Å²) >= 11 is 0. The molecule has 0 aliphatic carbocycles. The predicted molar refractivity (Wildman–Crippen MR) is 144 cm³/mol. The van der Waals surface area contributed by atoms with Crippen LogP contribution >= 0.6 is 0 Å². The van der Waals surface area contributed by atoms with Crippen molar-refractivity contribution in [1.29, 1.82) is 0 Å². The number of nitrogens with zero attached hydrogens (tertiary/aromatic N) is 2. The quantitative estimate of drug-likeness (QED) is 0.285. The number of H-pyrrole nitrogens is 1. The minimum absolute atomic E-state index is 0.168. The molecule has 4 aromatic rings. The number of para-hydroxylation sites is 1. The van der Waals surface area contributed by atoms with E-state index in [9.17, 15) is 9.59 Å². The fourth-order valence-electron chi connectivity index (χ4n) is 4.88. The van der Waals surface area contributed by atoms with Crippen molar-refractivity contribution in [2.24, 2.45) is 5.92 Å². The first kappa shape index (κ1) is 24.8. The average Bonchev–Trinajstić information content (AvgIpc) is 3.66. The SMILES string of the molecule is CC[C@H](C)Nc1cnc2c(c1)c(NC(=O)[C@@H]1CCOC1)c(C(=O)OC)n2CCc1c[nH]c2ccccc12. The highest BCUT2D eigenvalue weighted by Crippen LogP contribution is 2.34. The lowest BCUT2D eigenvalue weighted by Crippen LogP contribution is -2.24. The molecule has 0 unspecified atom stereocenters. The summed E-state index contributed by atoms with van der Waals surface area (Å²) in [6.45, 7) is 5.61. The van der Waals surface area contributed by atoms with Crippen LogP contribution in [0.5, 0.6) is 0 Å². The van der Waals surface area contributed by atoms with Gasteiger partial charge in [-0.1, -0.05) is 25.1 Å². The molecule has 0 bridgehead atoms. The predicted octanol–water partition coefficient (Wildman–Crippen LogP) is 4.73. The fourth-order valence-corrected chi connectivity index (χ4v) is 4.88. The highest BCUT2D eigenvalue weighted by atomic mass is 16.5. The van der Waals surface area contributed by atoms with E-state index >= 15 is 0 Å². The first-order valence-electron chi connectivity index (χ1n) is 12.8. The Balaban J connectivity index is 1.59. The average molecular weight is 504 g/mol. The standard InChI is InChI=1S/C28H33N5O4/c1-4-17(2)31-20-13-22-24(32-27(34)19-10-12-37-16-19)25(28(35)36-3)33(26(22)30-15-20)11-9-18-14-29-23-8-6-5-7-21(18)23/h5-8,13-15,17,19,29,31H,4,9-12,16H2,1-3H3,(H,32,34)/t17-,19+/m0/s1. The Kier molecular flexibility index (Phi) is 7.14. The number of carbonyl (C=O) groups is 2. The van der Waals surface area contributed by atoms with E-state index in [0.29, 0.717) is 49.3 Å². The molecule has 3 aromatic heterocycles. The van der Waals surface area contributed by atoms with Crippen LogP contribution in [0.2, 0.25) is 0 Å². The summed E-state index contributed by atoms with van der Waals surface area (Å²) in [5.41, 5.74) is 4.36. The molecule has 0 saturated carbocycles. The molecule has 9 nitrogen and oxygen atoms in total. The number of aromatic amines is 1. The number of aryl methyl sites for hydroxylation is 2. The van der Waals surface area contributed by atoms with Crippen molar-refractivity contribution in [3.8, 4) is 0 Å². The second-order valence-electron chi connectivity index (χ2n) is 9.57. The Hall–Kier alpha value is -3.85. The van der Waals surface area contributed by atoms with E-state index in [4.69, 9.17) is 14.5 Å². The number of ether oxygens (including phenoxy) is 2. The number of fused-ring (bicyclic) bond motifs is 2. The van der Waals surface area contributed by atoms with Gasteiger partial charge < -0.3 is 29.7 Å². The van der Waals surface area contributed by atoms with Gasteiger partial charge in [0.1, 0.15) is 5.65 Å². The van der Waals surface area contributed by atoms with E-state index in [1.807, 2.05) is 35.0 Å². The molecule has 1 aromatic carbocycles. The van der Waals surface area contributed by atoms with E-state index in [0.717, 1.165) is 28.6 Å². The van der Waals surface area contributed by atoms with E-state index < -0.39 is 5.97 Å². The van der Waals surface area contributed by atoms with Gasteiger partial charge in [0, 0.05) is 41.7 Å². The van der Waals surface area contributed by atoms with Crippen molar-refractivity contribution < 1.29 is 19.1 Å². The number of hydrogen-bond acceptors (Lipinski definition) is 6. The Morgan fingerprint density at radius 3 is 2.89 bits per heavy atom. The zero-order valence-electron chi connectivity index (χ0n) is 21.5. The van der Waals surface area contributed by atoms with Crippen LogP contribution in [0.3, 0.4) is 0 Å². The molecule has 1 saturated heterocycles. The summed E-state index contributed by atoms with van der Waals surface area (Å²) in [6.07, 6.45) is 6.03. The minimum Gasteiger partial charge on any atom is -0.464 e. The van der Waals surface area contributed by atoms with Crippen LogP contribution in [-0.2, 0) is 27.2 Å². The summed E-state index contributed by atoms with van der Waals surface area (Å²) in [5, 5.41) is 8.31. The van der Waals surface area contributed by atoms with Gasteiger partial charge in [-0.15, -0.1) is 0 Å². The first-order valence-corrected chi connectivity index (χ1v) is 12.8. The Labute approximate surface area is 215 Å². The van der Waals surface area contributed by atoms with Crippen LogP contribution in [0.4, 0.5) is 11.4 Å². The monoisotopic (exact) mass is 503 g/mol. The summed E-state index contributed by atoms with van der Waals surface area (Å²) in [4.78, 5) is 34.3. The number of nitrogens with one attached hydrogen (secondary N) is 3. The topological polar surface area (TPSA) is 110 Å². The van der Waals surface area contributed by atoms with E-state index in [2.05, 4.69) is 35.5 Å². The molecule has 4 heterocycles. The van der Waals surface area contributed by atoms with Crippen molar-refractivity contribution in [2.45, 2.75) is 45.7 Å². The minimum atomic E-state index is -0.522. The lowest BCUT2D eigenvalue weighted by molar-refractivity contribution is -0.119. The zero-order valence-corrected chi connectivity index (χ0v) is 21.5. The molecule has 2 atom stereocenters. The molecule has 194 valence electrons. The number of hydrogen-bond donors (Lipinski definition) is 3. The maximum atomic E-state index is 13.1. The van der Waals surface area contributed by atoms with E-state index in [1.165, 1.54) is 7.11 Å². The number of aromatic nitrogens is 3. The number of esters is 1. The Bertz CT molecular complexity index is 1430. The molecule has 1 aliphatic heterocycles. The number of benzene rings is 1. The Morgan fingerprint density at radius 2 is 2.14 bits per heavy atom. The van der Waals surface area contributed by atoms with E-state index in [1.54, 1.807) is 6.20 Å². The number of anilines is 2. The number of rotatable bonds is 9. The second-order valence-corrected chi connectivity index (χ2v) is 9.57. The highest BCUT2D eigenvalue weighted by Gasteiger charge is 2.30. The largest absolute Gasteiger partial charge is 0.464 e. The van der Waals surface area contributed by atoms with Crippen molar-refractivity contribution >= 4 is 45.2 Å². The van der Waals surface area contributed by atoms with Gasteiger partial charge in [0.05, 0.1) is 37.2 Å². The van der Waals surface area contributed by atoms with Crippen LogP contribution in [-0.4, -0.2) is 52.8 Å². The van der Waals surface area contributed by atoms with Gasteiger partial charge >= 0.3 is 5.97 Å². The molecule has 5 rings (SSSR count). The highest BCUT2D eigenvalue weighted by molar-refractivity contribution is 6.11. The number of pyridine rings is 1. The van der Waals surface area contributed by atoms with Crippen LogP contribution in [0.25, 0.3) is 21.9 Å². The Morgan fingerprint density at radius 1 is 1.30 bits per heavy atom. The van der Waals surface area contributed by atoms with Gasteiger partial charge in [-0.25, -0.2) is 9.78 Å². The molecule has 9 heteroatoms. The van der Waals surface area contributed by atoms with Crippen molar-refractivity contribution in [1.82, 2.24) is 14.5 Å². The van der Waals surface area contributed by atoms with Crippen LogP contribution < -0.4 is 10.6 Å². The van der Waals surface area contributed by atoms with Gasteiger partial charge in [0.25, 0.3) is 0 Å². The third kappa shape index (κ3) is 4.91. The maximum absolute atomic E-state index is 13.1. The third-order valence-corrected chi connectivity index (χ3v) is 7.13. The van der Waals surface area contributed by atoms with E-state index in [-0.39, 0.29) is 23.6 Å². The second kappa shape index (κ2) is 10.6. The van der Waals surface area contributed by atoms with Crippen molar-refractivity contribution in [3.05, 3.63) is 54.0 Å². The summed E-state index contributed by atoms with van der Waals surface area (Å²) < 4.78 is 12.5. The fraction of sp³-hybridized carbons (Fsp3) is 0.393. The lowest BCUT2D eigenvalue weighted by Gasteiger charge is -2.13. The van der Waals surface area contributed by atoms with Gasteiger partial charge in [-0.3, -0.25) is 4.79 Å². The summed E-state index contributed by atoms with van der Waals surface area (Å²) in [7, 11) is 1.35. The van der Waals surface area contributed by atoms with Gasteiger partial charge in [0.15, 0.2) is 5.69 Å². The number of carbonyl (C=O) groups excluding carboxylic acids is 2. The molecule has 0 spiro atoms. The molecule has 1 fully saturated rings. The van der Waals surface area contributed by atoms with Crippen LogP contribution in [0.15, 0.2) is 42.7 Å². The summed E-state index contributed by atoms with van der Waals surface area (Å²) in [5.74, 6) is -0.950. The lowest BCUT2D eigenvalue weighted by atomic mass is 10.1. The number of methoxy groups -OCH3 is 1. The molecule has 1 amide bonds. The molecular weight excluding hydrogens is 470 g/mol. The van der Waals surface area contributed by atoms with Gasteiger partial charge in [-0.05, 0) is 43.9 Å².